The second-order valence-electron chi connectivity index (χ2n) is 7.21. The van der Waals surface area contributed by atoms with Gasteiger partial charge in [-0.15, -0.1) is 0 Å². The highest BCUT2D eigenvalue weighted by Gasteiger charge is 2.37. The van der Waals surface area contributed by atoms with Gasteiger partial charge in [0.1, 0.15) is 6.54 Å². The van der Waals surface area contributed by atoms with Gasteiger partial charge in [0, 0.05) is 24.8 Å². The van der Waals surface area contributed by atoms with Crippen molar-refractivity contribution >= 4 is 17.5 Å². The van der Waals surface area contributed by atoms with E-state index in [1.807, 2.05) is 6.92 Å². The highest BCUT2D eigenvalue weighted by molar-refractivity contribution is 5.93. The molecule has 0 spiro atoms. The molecule has 1 aromatic heterocycles. The van der Waals surface area contributed by atoms with Crippen molar-refractivity contribution in [3.63, 3.8) is 0 Å². The Morgan fingerprint density at radius 1 is 1.40 bits per heavy atom. The van der Waals surface area contributed by atoms with Gasteiger partial charge in [0.15, 0.2) is 0 Å². The molecule has 0 aromatic carbocycles. The molecule has 8 heteroatoms. The number of hydrogen-bond donors (Lipinski definition) is 2. The first-order valence-electron chi connectivity index (χ1n) is 8.93. The van der Waals surface area contributed by atoms with Crippen LogP contribution in [-0.4, -0.2) is 58.3 Å². The molecule has 2 unspecified atom stereocenters. The van der Waals surface area contributed by atoms with Gasteiger partial charge in [-0.2, -0.15) is 5.10 Å². The third-order valence-electron chi connectivity index (χ3n) is 5.13. The fourth-order valence-electron chi connectivity index (χ4n) is 3.58. The average molecular weight is 349 g/mol. The van der Waals surface area contributed by atoms with Crippen LogP contribution in [0.25, 0.3) is 0 Å². The van der Waals surface area contributed by atoms with Gasteiger partial charge in [0.2, 0.25) is 11.8 Å². The van der Waals surface area contributed by atoms with Crippen molar-refractivity contribution in [2.75, 3.05) is 31.6 Å². The van der Waals surface area contributed by atoms with Crippen LogP contribution in [0, 0.1) is 5.92 Å². The maximum Gasteiger partial charge on any atom is 0.244 e. The summed E-state index contributed by atoms with van der Waals surface area (Å²) in [5.74, 6) is -0.255. The third-order valence-corrected chi connectivity index (χ3v) is 5.13. The molecular weight excluding hydrogens is 322 g/mol. The molecule has 2 atom stereocenters. The summed E-state index contributed by atoms with van der Waals surface area (Å²) in [6, 6.07) is 0. The molecule has 0 radical (unpaired) electrons. The van der Waals surface area contributed by atoms with Gasteiger partial charge in [-0.25, -0.2) is 0 Å². The number of nitrogens with one attached hydrogen (secondary N) is 1. The standard InChI is InChI=1S/C17H27N5O3/c1-17(18)5-3-2-4-14(17)16(24)20-13-10-19-22(11-13)12-15(23)21-6-8-25-9-7-21/h10-11,14H,2-9,12,18H2,1H3,(H,20,24). The predicted octanol–water partition coefficient (Wildman–Crippen LogP) is 0.588. The molecule has 3 rings (SSSR count). The maximum atomic E-state index is 12.5. The molecular formula is C17H27N5O3. The molecule has 3 N–H and O–H groups in total. The first-order valence-corrected chi connectivity index (χ1v) is 8.93. The number of rotatable bonds is 4. The second-order valence-corrected chi connectivity index (χ2v) is 7.21. The van der Waals surface area contributed by atoms with Gasteiger partial charge in [0.25, 0.3) is 0 Å². The number of hydrogen-bond acceptors (Lipinski definition) is 5. The monoisotopic (exact) mass is 349 g/mol. The van der Waals surface area contributed by atoms with Crippen LogP contribution >= 0.6 is 0 Å². The number of carbonyl (C=O) groups excluding carboxylic acids is 2. The Kier molecular flexibility index (Phi) is 5.39. The van der Waals surface area contributed by atoms with Crippen LogP contribution in [0.1, 0.15) is 32.6 Å². The van der Waals surface area contributed by atoms with Crippen molar-refractivity contribution in [1.82, 2.24) is 14.7 Å². The van der Waals surface area contributed by atoms with Crippen LogP contribution < -0.4 is 11.1 Å². The SMILES string of the molecule is CC1(N)CCCCC1C(=O)Nc1cnn(CC(=O)N2CCOCC2)c1. The van der Waals surface area contributed by atoms with Crippen molar-refractivity contribution < 1.29 is 14.3 Å². The zero-order valence-electron chi connectivity index (χ0n) is 14.7. The second kappa shape index (κ2) is 7.53. The largest absolute Gasteiger partial charge is 0.378 e. The average Bonchev–Trinajstić information content (AvgIpc) is 3.02. The van der Waals surface area contributed by atoms with E-state index in [-0.39, 0.29) is 24.3 Å². The van der Waals surface area contributed by atoms with Crippen molar-refractivity contribution in [2.45, 2.75) is 44.7 Å². The summed E-state index contributed by atoms with van der Waals surface area (Å²) in [5.41, 5.74) is 6.42. The molecule has 1 saturated heterocycles. The van der Waals surface area contributed by atoms with E-state index in [2.05, 4.69) is 10.4 Å². The van der Waals surface area contributed by atoms with Crippen molar-refractivity contribution in [3.05, 3.63) is 12.4 Å². The highest BCUT2D eigenvalue weighted by atomic mass is 16.5. The predicted molar refractivity (Wildman–Crippen MR) is 92.8 cm³/mol. The molecule has 2 heterocycles. The fourth-order valence-corrected chi connectivity index (χ4v) is 3.58. The Bertz CT molecular complexity index is 622. The zero-order chi connectivity index (χ0) is 17.9. The molecule has 2 aliphatic rings. The lowest BCUT2D eigenvalue weighted by molar-refractivity contribution is -0.136. The quantitative estimate of drug-likeness (QED) is 0.828. The molecule has 1 aliphatic carbocycles. The number of aromatic nitrogens is 2. The molecule has 1 aliphatic heterocycles. The molecule has 0 bridgehead atoms. The topological polar surface area (TPSA) is 102 Å². The molecule has 25 heavy (non-hydrogen) atoms. The number of morpholine rings is 1. The molecule has 1 aromatic rings. The van der Waals surface area contributed by atoms with Crippen molar-refractivity contribution in [3.8, 4) is 0 Å². The first-order chi connectivity index (χ1) is 12.0. The number of nitrogens with zero attached hydrogens (tertiary/aromatic N) is 3. The van der Waals surface area contributed by atoms with Crippen LogP contribution in [0.15, 0.2) is 12.4 Å². The molecule has 138 valence electrons. The Morgan fingerprint density at radius 2 is 2.16 bits per heavy atom. The third kappa shape index (κ3) is 4.38. The van der Waals surface area contributed by atoms with Crippen molar-refractivity contribution in [2.24, 2.45) is 11.7 Å². The highest BCUT2D eigenvalue weighted by Crippen LogP contribution is 2.32. The minimum Gasteiger partial charge on any atom is -0.378 e. The van der Waals surface area contributed by atoms with E-state index in [0.717, 1.165) is 25.7 Å². The Hall–Kier alpha value is -1.93. The van der Waals surface area contributed by atoms with E-state index in [0.29, 0.717) is 32.0 Å². The number of carbonyl (C=O) groups is 2. The van der Waals surface area contributed by atoms with E-state index in [1.54, 1.807) is 22.0 Å². The summed E-state index contributed by atoms with van der Waals surface area (Å²) < 4.78 is 6.80. The lowest BCUT2D eigenvalue weighted by Crippen LogP contribution is -2.51. The summed E-state index contributed by atoms with van der Waals surface area (Å²) in [5, 5.41) is 7.07. The van der Waals surface area contributed by atoms with E-state index in [1.165, 1.54) is 0 Å². The van der Waals surface area contributed by atoms with Gasteiger partial charge in [-0.3, -0.25) is 14.3 Å². The van der Waals surface area contributed by atoms with Crippen molar-refractivity contribution in [1.29, 1.82) is 0 Å². The number of anilines is 1. The van der Waals surface area contributed by atoms with Crippen LogP contribution in [0.3, 0.4) is 0 Å². The summed E-state index contributed by atoms with van der Waals surface area (Å²) in [7, 11) is 0. The minimum atomic E-state index is -0.468. The summed E-state index contributed by atoms with van der Waals surface area (Å²) >= 11 is 0. The normalized spacial score (nSPS) is 27.1. The van der Waals surface area contributed by atoms with Gasteiger partial charge in [-0.05, 0) is 19.8 Å². The zero-order valence-corrected chi connectivity index (χ0v) is 14.7. The lowest BCUT2D eigenvalue weighted by atomic mass is 9.74. The van der Waals surface area contributed by atoms with Crippen LogP contribution in [0.2, 0.25) is 0 Å². The van der Waals surface area contributed by atoms with E-state index >= 15 is 0 Å². The first kappa shape index (κ1) is 17.9. The molecule has 1 saturated carbocycles. The maximum absolute atomic E-state index is 12.5. The van der Waals surface area contributed by atoms with Crippen LogP contribution in [-0.2, 0) is 20.9 Å². The summed E-state index contributed by atoms with van der Waals surface area (Å²) in [6.45, 7) is 4.48. The number of amides is 2. The van der Waals surface area contributed by atoms with E-state index in [9.17, 15) is 9.59 Å². The van der Waals surface area contributed by atoms with Gasteiger partial charge in [-0.1, -0.05) is 12.8 Å². The van der Waals surface area contributed by atoms with Gasteiger partial charge in [0.05, 0.1) is 31.0 Å². The summed E-state index contributed by atoms with van der Waals surface area (Å²) in [6.07, 6.45) is 7.02. The van der Waals surface area contributed by atoms with Gasteiger partial charge >= 0.3 is 0 Å². The Labute approximate surface area is 147 Å². The number of ether oxygens (including phenoxy) is 1. The lowest BCUT2D eigenvalue weighted by Gasteiger charge is -2.37. The molecule has 8 nitrogen and oxygen atoms in total. The smallest absolute Gasteiger partial charge is 0.244 e. The Morgan fingerprint density at radius 3 is 2.88 bits per heavy atom. The number of nitrogens with two attached hydrogens (primary N) is 1. The van der Waals surface area contributed by atoms with Gasteiger partial charge < -0.3 is 20.7 Å². The minimum absolute atomic E-state index is 0.00564. The molecule has 2 fully saturated rings. The van der Waals surface area contributed by atoms with E-state index < -0.39 is 5.54 Å². The Balaban J connectivity index is 1.56. The fraction of sp³-hybridized carbons (Fsp3) is 0.706. The molecule has 2 amide bonds. The summed E-state index contributed by atoms with van der Waals surface area (Å²) in [4.78, 5) is 26.6. The van der Waals surface area contributed by atoms with E-state index in [4.69, 9.17) is 10.5 Å². The van der Waals surface area contributed by atoms with Crippen LogP contribution in [0.5, 0.6) is 0 Å². The van der Waals surface area contributed by atoms with Crippen LogP contribution in [0.4, 0.5) is 5.69 Å².